The number of aliphatic hydroxyl groups is 1. The summed E-state index contributed by atoms with van der Waals surface area (Å²) in [6, 6.07) is 0.528. The lowest BCUT2D eigenvalue weighted by molar-refractivity contribution is 0.172. The van der Waals surface area contributed by atoms with E-state index in [4.69, 9.17) is 5.11 Å². The Morgan fingerprint density at radius 1 is 1.23 bits per heavy atom. The van der Waals surface area contributed by atoms with Gasteiger partial charge >= 0.3 is 0 Å². The Balaban J connectivity index is 2.52. The van der Waals surface area contributed by atoms with Crippen molar-refractivity contribution in [2.75, 3.05) is 40.3 Å². The van der Waals surface area contributed by atoms with Crippen molar-refractivity contribution in [1.29, 1.82) is 0 Å². The van der Waals surface area contributed by atoms with Gasteiger partial charge in [-0.05, 0) is 26.4 Å². The Hall–Kier alpha value is -0.120. The lowest BCUT2D eigenvalue weighted by atomic mass is 10.1. The normalized spacial score (nSPS) is 33.2. The molecular formula is C10H22N2O. The van der Waals surface area contributed by atoms with Gasteiger partial charge in [-0.3, -0.25) is 0 Å². The third-order valence-corrected chi connectivity index (χ3v) is 2.83. The number of rotatable bonds is 2. The van der Waals surface area contributed by atoms with Crippen LogP contribution in [0.15, 0.2) is 0 Å². The quantitative estimate of drug-likeness (QED) is 0.670. The summed E-state index contributed by atoms with van der Waals surface area (Å²) in [5.74, 6) is 0.735. The number of aliphatic hydroxyl groups excluding tert-OH is 1. The summed E-state index contributed by atoms with van der Waals surface area (Å²) in [5, 5.41) is 8.94. The molecule has 1 heterocycles. The first-order valence-electron chi connectivity index (χ1n) is 5.13. The van der Waals surface area contributed by atoms with Crippen LogP contribution in [0.1, 0.15) is 13.3 Å². The van der Waals surface area contributed by atoms with E-state index in [9.17, 15) is 0 Å². The zero-order valence-electron chi connectivity index (χ0n) is 9.03. The van der Waals surface area contributed by atoms with Crippen molar-refractivity contribution in [3.63, 3.8) is 0 Å². The van der Waals surface area contributed by atoms with Crippen LogP contribution in [0.25, 0.3) is 0 Å². The summed E-state index contributed by atoms with van der Waals surface area (Å²) in [4.78, 5) is 4.75. The van der Waals surface area contributed by atoms with Crippen molar-refractivity contribution in [1.82, 2.24) is 9.80 Å². The van der Waals surface area contributed by atoms with Crippen molar-refractivity contribution < 1.29 is 5.11 Å². The van der Waals surface area contributed by atoms with E-state index in [-0.39, 0.29) is 0 Å². The number of likely N-dealkylation sites (N-methyl/N-ethyl adjacent to an activating group) is 2. The number of hydrogen-bond donors (Lipinski definition) is 1. The molecule has 1 aliphatic heterocycles. The first kappa shape index (κ1) is 11.0. The van der Waals surface area contributed by atoms with Gasteiger partial charge in [-0.25, -0.2) is 0 Å². The third-order valence-electron chi connectivity index (χ3n) is 2.83. The topological polar surface area (TPSA) is 26.7 Å². The van der Waals surface area contributed by atoms with Crippen LogP contribution in [0.3, 0.4) is 0 Å². The molecule has 1 aliphatic rings. The van der Waals surface area contributed by atoms with E-state index in [1.54, 1.807) is 0 Å². The van der Waals surface area contributed by atoms with E-state index in [1.807, 2.05) is 0 Å². The van der Waals surface area contributed by atoms with Gasteiger partial charge in [0.15, 0.2) is 0 Å². The maximum Gasteiger partial charge on any atom is 0.0446 e. The molecule has 1 rings (SSSR count). The average Bonchev–Trinajstić information content (AvgIpc) is 2.12. The van der Waals surface area contributed by atoms with Crippen LogP contribution in [0.4, 0.5) is 0 Å². The fourth-order valence-corrected chi connectivity index (χ4v) is 2.26. The van der Waals surface area contributed by atoms with Crippen molar-refractivity contribution in [2.45, 2.75) is 19.4 Å². The first-order valence-corrected chi connectivity index (χ1v) is 5.13. The highest BCUT2D eigenvalue weighted by atomic mass is 16.3. The fraction of sp³-hybridized carbons (Fsp3) is 1.00. The predicted octanol–water partition coefficient (Wildman–Crippen LogP) is 0.251. The molecule has 3 heteroatoms. The molecule has 13 heavy (non-hydrogen) atoms. The lowest BCUT2D eigenvalue weighted by Gasteiger charge is -2.26. The Kier molecular flexibility index (Phi) is 4.16. The highest BCUT2D eigenvalue weighted by molar-refractivity contribution is 4.78. The fourth-order valence-electron chi connectivity index (χ4n) is 2.26. The smallest absolute Gasteiger partial charge is 0.0446 e. The molecule has 1 saturated heterocycles. The molecular weight excluding hydrogens is 164 g/mol. The van der Waals surface area contributed by atoms with Crippen LogP contribution in [0.2, 0.25) is 0 Å². The highest BCUT2D eigenvalue weighted by Gasteiger charge is 2.22. The van der Waals surface area contributed by atoms with Gasteiger partial charge < -0.3 is 14.9 Å². The Morgan fingerprint density at radius 3 is 2.54 bits per heavy atom. The van der Waals surface area contributed by atoms with E-state index < -0.39 is 0 Å². The minimum Gasteiger partial charge on any atom is -0.396 e. The van der Waals surface area contributed by atoms with Crippen LogP contribution in [0.5, 0.6) is 0 Å². The number of hydrogen-bond acceptors (Lipinski definition) is 3. The van der Waals surface area contributed by atoms with Gasteiger partial charge in [0.05, 0.1) is 0 Å². The van der Waals surface area contributed by atoms with Gasteiger partial charge in [-0.1, -0.05) is 6.92 Å². The van der Waals surface area contributed by atoms with Crippen LogP contribution < -0.4 is 0 Å². The first-order chi connectivity index (χ1) is 6.13. The lowest BCUT2D eigenvalue weighted by Crippen LogP contribution is -2.38. The molecule has 0 aromatic carbocycles. The largest absolute Gasteiger partial charge is 0.396 e. The SMILES string of the molecule is CC1CN(C)CC(CCO)N(C)C1. The maximum absolute atomic E-state index is 8.94. The molecule has 3 nitrogen and oxygen atoms in total. The summed E-state index contributed by atoms with van der Waals surface area (Å²) >= 11 is 0. The van der Waals surface area contributed by atoms with Gasteiger partial charge in [0.2, 0.25) is 0 Å². The van der Waals surface area contributed by atoms with Crippen molar-refractivity contribution in [2.24, 2.45) is 5.92 Å². The number of nitrogens with zero attached hydrogens (tertiary/aromatic N) is 2. The molecule has 0 aromatic rings. The van der Waals surface area contributed by atoms with Crippen LogP contribution in [-0.4, -0.2) is 61.3 Å². The average molecular weight is 186 g/mol. The van der Waals surface area contributed by atoms with Gasteiger partial charge in [0.1, 0.15) is 0 Å². The molecule has 0 aromatic heterocycles. The molecule has 0 saturated carbocycles. The molecule has 1 N–H and O–H groups in total. The highest BCUT2D eigenvalue weighted by Crippen LogP contribution is 2.13. The summed E-state index contributed by atoms with van der Waals surface area (Å²) in [6.07, 6.45) is 0.896. The van der Waals surface area contributed by atoms with Gasteiger partial charge in [-0.2, -0.15) is 0 Å². The zero-order chi connectivity index (χ0) is 9.84. The second-order valence-electron chi connectivity index (χ2n) is 4.43. The van der Waals surface area contributed by atoms with Gasteiger partial charge in [0, 0.05) is 32.3 Å². The molecule has 0 spiro atoms. The van der Waals surface area contributed by atoms with Gasteiger partial charge in [0.25, 0.3) is 0 Å². The van der Waals surface area contributed by atoms with Crippen LogP contribution in [-0.2, 0) is 0 Å². The van der Waals surface area contributed by atoms with E-state index in [0.29, 0.717) is 12.6 Å². The summed E-state index contributed by atoms with van der Waals surface area (Å²) in [6.45, 7) is 5.99. The monoisotopic (exact) mass is 186 g/mol. The Labute approximate surface area is 81.3 Å². The molecule has 0 amide bonds. The molecule has 2 unspecified atom stereocenters. The molecule has 0 aliphatic carbocycles. The second-order valence-corrected chi connectivity index (χ2v) is 4.43. The Bertz CT molecular complexity index is 152. The van der Waals surface area contributed by atoms with Crippen molar-refractivity contribution in [3.8, 4) is 0 Å². The van der Waals surface area contributed by atoms with Gasteiger partial charge in [-0.15, -0.1) is 0 Å². The minimum atomic E-state index is 0.303. The van der Waals surface area contributed by atoms with E-state index in [2.05, 4.69) is 30.8 Å². The predicted molar refractivity (Wildman–Crippen MR) is 54.8 cm³/mol. The maximum atomic E-state index is 8.94. The third kappa shape index (κ3) is 3.25. The van der Waals surface area contributed by atoms with Crippen LogP contribution >= 0.6 is 0 Å². The van der Waals surface area contributed by atoms with Crippen molar-refractivity contribution in [3.05, 3.63) is 0 Å². The molecule has 2 atom stereocenters. The van der Waals surface area contributed by atoms with E-state index >= 15 is 0 Å². The molecule has 0 bridgehead atoms. The summed E-state index contributed by atoms with van der Waals surface area (Å²) < 4.78 is 0. The molecule has 78 valence electrons. The zero-order valence-corrected chi connectivity index (χ0v) is 9.03. The van der Waals surface area contributed by atoms with E-state index in [1.165, 1.54) is 6.54 Å². The summed E-state index contributed by atoms with van der Waals surface area (Å²) in [7, 11) is 4.33. The van der Waals surface area contributed by atoms with Crippen LogP contribution in [0, 0.1) is 5.92 Å². The second kappa shape index (κ2) is 4.94. The molecule has 1 fully saturated rings. The molecule has 0 radical (unpaired) electrons. The van der Waals surface area contributed by atoms with E-state index in [0.717, 1.165) is 25.4 Å². The summed E-state index contributed by atoms with van der Waals surface area (Å²) in [5.41, 5.74) is 0. The van der Waals surface area contributed by atoms with Crippen molar-refractivity contribution >= 4 is 0 Å². The minimum absolute atomic E-state index is 0.303. The Morgan fingerprint density at radius 2 is 1.92 bits per heavy atom. The standard InChI is InChI=1S/C10H22N2O/c1-9-6-11(2)8-10(4-5-13)12(3)7-9/h9-10,13H,4-8H2,1-3H3.